The number of carbonyl (C=O) groups excluding carboxylic acids is 3. The highest BCUT2D eigenvalue weighted by atomic mass is 19.3. The van der Waals surface area contributed by atoms with E-state index in [-0.39, 0.29) is 16.2 Å². The minimum Gasteiger partial charge on any atom is -0.324 e. The molecule has 1 aliphatic heterocycles. The van der Waals surface area contributed by atoms with Gasteiger partial charge in [-0.2, -0.15) is 0 Å². The van der Waals surface area contributed by atoms with Crippen molar-refractivity contribution in [1.82, 2.24) is 5.06 Å². The molecule has 2 aromatic carbocycles. The fraction of sp³-hybridized carbons (Fsp3) is 0.0625. The predicted molar refractivity (Wildman–Crippen MR) is 73.7 cm³/mol. The van der Waals surface area contributed by atoms with Crippen LogP contribution in [0.5, 0.6) is 0 Å². The van der Waals surface area contributed by atoms with Crippen molar-refractivity contribution in [1.29, 1.82) is 0 Å². The number of fused-ring (bicyclic) bond motifs is 1. The fourth-order valence-electron chi connectivity index (χ4n) is 2.22. The molecule has 0 bridgehead atoms. The number of rotatable bonds is 3. The molecular weight excluding hydrogens is 327 g/mol. The van der Waals surface area contributed by atoms with Crippen LogP contribution in [0.15, 0.2) is 42.5 Å². The van der Waals surface area contributed by atoms with Crippen LogP contribution in [0.2, 0.25) is 0 Å². The molecular formula is C16H8F3NO4. The third kappa shape index (κ3) is 2.51. The molecule has 0 atom stereocenters. The van der Waals surface area contributed by atoms with E-state index in [1.807, 2.05) is 0 Å². The number of halogens is 3. The molecule has 3 rings (SSSR count). The summed E-state index contributed by atoms with van der Waals surface area (Å²) in [7, 11) is 0. The third-order valence-corrected chi connectivity index (χ3v) is 3.40. The Balaban J connectivity index is 1.83. The average molecular weight is 335 g/mol. The second kappa shape index (κ2) is 5.80. The molecule has 1 heterocycles. The Labute approximate surface area is 133 Å². The largest absolute Gasteiger partial charge is 0.364 e. The van der Waals surface area contributed by atoms with Gasteiger partial charge in [0, 0.05) is 0 Å². The van der Waals surface area contributed by atoms with Crippen LogP contribution in [0.4, 0.5) is 13.2 Å². The standard InChI is InChI=1S/C16H8F3NO4/c17-12-7-8(5-6-11(12)13(18)19)16(23)24-20-14(21)9-3-1-2-4-10(9)15(20)22/h1-7,13H. The molecule has 122 valence electrons. The number of hydroxylamine groups is 2. The van der Waals surface area contributed by atoms with E-state index in [4.69, 9.17) is 4.84 Å². The summed E-state index contributed by atoms with van der Waals surface area (Å²) in [5.41, 5.74) is -1.15. The van der Waals surface area contributed by atoms with E-state index in [2.05, 4.69) is 0 Å². The zero-order chi connectivity index (χ0) is 17.4. The van der Waals surface area contributed by atoms with Crippen molar-refractivity contribution in [2.24, 2.45) is 0 Å². The minimum absolute atomic E-state index is 0.0644. The molecule has 0 saturated carbocycles. The fourth-order valence-corrected chi connectivity index (χ4v) is 2.22. The highest BCUT2D eigenvalue weighted by Gasteiger charge is 2.38. The van der Waals surface area contributed by atoms with Gasteiger partial charge in [-0.05, 0) is 30.3 Å². The Morgan fingerprint density at radius 2 is 1.58 bits per heavy atom. The normalized spacial score (nSPS) is 13.4. The summed E-state index contributed by atoms with van der Waals surface area (Å²) in [6, 6.07) is 8.06. The van der Waals surface area contributed by atoms with Gasteiger partial charge in [0.1, 0.15) is 5.82 Å². The summed E-state index contributed by atoms with van der Waals surface area (Å²) in [5, 5.41) is 0.256. The first-order valence-electron chi connectivity index (χ1n) is 6.68. The van der Waals surface area contributed by atoms with Crippen LogP contribution in [0.1, 0.15) is 43.1 Å². The molecule has 0 spiro atoms. The molecule has 1 aliphatic rings. The van der Waals surface area contributed by atoms with Crippen LogP contribution in [0.3, 0.4) is 0 Å². The average Bonchev–Trinajstić information content (AvgIpc) is 2.80. The number of benzene rings is 2. The van der Waals surface area contributed by atoms with Gasteiger partial charge in [0.2, 0.25) is 0 Å². The maximum Gasteiger partial charge on any atom is 0.364 e. The maximum atomic E-state index is 13.5. The first-order chi connectivity index (χ1) is 11.4. The SMILES string of the molecule is O=C(ON1C(=O)c2ccccc2C1=O)c1ccc(C(F)F)c(F)c1. The van der Waals surface area contributed by atoms with E-state index in [0.29, 0.717) is 6.07 Å². The van der Waals surface area contributed by atoms with Crippen molar-refractivity contribution < 1.29 is 32.4 Å². The summed E-state index contributed by atoms with van der Waals surface area (Å²) in [5.74, 6) is -4.19. The maximum absolute atomic E-state index is 13.5. The number of hydrogen-bond acceptors (Lipinski definition) is 4. The quantitative estimate of drug-likeness (QED) is 0.809. The summed E-state index contributed by atoms with van der Waals surface area (Å²) in [6.45, 7) is 0. The van der Waals surface area contributed by atoms with Gasteiger partial charge in [0.25, 0.3) is 18.2 Å². The first kappa shape index (κ1) is 15.7. The van der Waals surface area contributed by atoms with Gasteiger partial charge >= 0.3 is 5.97 Å². The van der Waals surface area contributed by atoms with E-state index < -0.39 is 41.2 Å². The smallest absolute Gasteiger partial charge is 0.324 e. The van der Waals surface area contributed by atoms with Gasteiger partial charge in [-0.15, -0.1) is 0 Å². The predicted octanol–water partition coefficient (Wildman–Crippen LogP) is 3.13. The Kier molecular flexibility index (Phi) is 3.80. The number of imide groups is 1. The van der Waals surface area contributed by atoms with Gasteiger partial charge < -0.3 is 4.84 Å². The zero-order valence-corrected chi connectivity index (χ0v) is 11.8. The number of alkyl halides is 2. The molecule has 0 aliphatic carbocycles. The van der Waals surface area contributed by atoms with Crippen LogP contribution in [-0.4, -0.2) is 22.8 Å². The van der Waals surface area contributed by atoms with Crippen LogP contribution in [-0.2, 0) is 4.84 Å². The molecule has 8 heteroatoms. The molecule has 0 saturated heterocycles. The second-order valence-corrected chi connectivity index (χ2v) is 4.87. The molecule has 2 amide bonds. The van der Waals surface area contributed by atoms with E-state index >= 15 is 0 Å². The number of amides is 2. The summed E-state index contributed by atoms with van der Waals surface area (Å²) < 4.78 is 38.5. The van der Waals surface area contributed by atoms with Crippen molar-refractivity contribution in [2.45, 2.75) is 6.43 Å². The molecule has 0 radical (unpaired) electrons. The zero-order valence-electron chi connectivity index (χ0n) is 11.8. The van der Waals surface area contributed by atoms with Crippen LogP contribution < -0.4 is 0 Å². The van der Waals surface area contributed by atoms with E-state index in [0.717, 1.165) is 12.1 Å². The number of hydrogen-bond donors (Lipinski definition) is 0. The van der Waals surface area contributed by atoms with Crippen molar-refractivity contribution in [3.8, 4) is 0 Å². The molecule has 5 nitrogen and oxygen atoms in total. The monoisotopic (exact) mass is 335 g/mol. The second-order valence-electron chi connectivity index (χ2n) is 4.87. The number of nitrogens with zero attached hydrogens (tertiary/aromatic N) is 1. The van der Waals surface area contributed by atoms with Crippen LogP contribution in [0.25, 0.3) is 0 Å². The lowest BCUT2D eigenvalue weighted by molar-refractivity contribution is -0.0584. The lowest BCUT2D eigenvalue weighted by Gasteiger charge is -2.13. The van der Waals surface area contributed by atoms with Crippen molar-refractivity contribution in [3.63, 3.8) is 0 Å². The van der Waals surface area contributed by atoms with Crippen molar-refractivity contribution in [3.05, 3.63) is 70.5 Å². The highest BCUT2D eigenvalue weighted by molar-refractivity contribution is 6.21. The third-order valence-electron chi connectivity index (χ3n) is 3.40. The van der Waals surface area contributed by atoms with Gasteiger partial charge in [0.15, 0.2) is 0 Å². The Morgan fingerprint density at radius 1 is 1.00 bits per heavy atom. The van der Waals surface area contributed by atoms with Crippen molar-refractivity contribution >= 4 is 17.8 Å². The minimum atomic E-state index is -3.04. The Bertz CT molecular complexity index is 831. The topological polar surface area (TPSA) is 63.7 Å². The molecule has 2 aromatic rings. The Morgan fingerprint density at radius 3 is 2.08 bits per heavy atom. The number of carbonyl (C=O) groups is 3. The van der Waals surface area contributed by atoms with Gasteiger partial charge in [-0.1, -0.05) is 17.2 Å². The summed E-state index contributed by atoms with van der Waals surface area (Å²) >= 11 is 0. The van der Waals surface area contributed by atoms with E-state index in [1.165, 1.54) is 24.3 Å². The summed E-state index contributed by atoms with van der Waals surface area (Å²) in [4.78, 5) is 40.7. The van der Waals surface area contributed by atoms with Gasteiger partial charge in [-0.3, -0.25) is 9.59 Å². The van der Waals surface area contributed by atoms with Gasteiger partial charge in [-0.25, -0.2) is 18.0 Å². The lowest BCUT2D eigenvalue weighted by atomic mass is 10.1. The lowest BCUT2D eigenvalue weighted by Crippen LogP contribution is -2.32. The van der Waals surface area contributed by atoms with Crippen LogP contribution in [0, 0.1) is 5.82 Å². The van der Waals surface area contributed by atoms with Crippen LogP contribution >= 0.6 is 0 Å². The van der Waals surface area contributed by atoms with Crippen molar-refractivity contribution in [2.75, 3.05) is 0 Å². The summed E-state index contributed by atoms with van der Waals surface area (Å²) in [6.07, 6.45) is -3.04. The first-order valence-corrected chi connectivity index (χ1v) is 6.68. The van der Waals surface area contributed by atoms with E-state index in [9.17, 15) is 27.6 Å². The Hall–Kier alpha value is -3.16. The molecule has 0 fully saturated rings. The highest BCUT2D eigenvalue weighted by Crippen LogP contribution is 2.25. The molecule has 0 aromatic heterocycles. The molecule has 0 unspecified atom stereocenters. The van der Waals surface area contributed by atoms with E-state index in [1.54, 1.807) is 0 Å². The molecule has 24 heavy (non-hydrogen) atoms. The van der Waals surface area contributed by atoms with Gasteiger partial charge in [0.05, 0.1) is 22.3 Å². The molecule has 0 N–H and O–H groups in total.